The van der Waals surface area contributed by atoms with Gasteiger partial charge in [-0.15, -0.1) is 22.7 Å². The fraction of sp³-hybridized carbons (Fsp3) is 0.444. The second-order valence-electron chi connectivity index (χ2n) is 14.3. The Hall–Kier alpha value is -3.30. The third-order valence-electron chi connectivity index (χ3n) is 7.33. The standard InChI is InChI=1S/C18H28BNO4.C15H18N2O2S.C3H2BrNS/c1-16(2,3)22-15(21)20-12-13-10-8-9-11-14(13)19-23-17(4,5)18(6,7)24-19;1-15(2,3)19-14(18)16-8-11-6-4-5-7-12(11)13-9-20-10-17-13;4-3-1-6-2-5-3/h8-11H,12H2,1-7H3,(H,20,21);4-7,9-10H,8H2,1-3H3,(H,16,18);1-2H. The summed E-state index contributed by atoms with van der Waals surface area (Å²) in [5, 5.41) is 9.48. The van der Waals surface area contributed by atoms with Gasteiger partial charge in [-0.25, -0.2) is 19.6 Å². The topological polar surface area (TPSA) is 121 Å². The van der Waals surface area contributed by atoms with Crippen LogP contribution in [0.2, 0.25) is 0 Å². The minimum absolute atomic E-state index is 0.356. The van der Waals surface area contributed by atoms with Crippen LogP contribution >= 0.6 is 38.6 Å². The number of carbonyl (C=O) groups is 2. The largest absolute Gasteiger partial charge is 0.495 e. The molecule has 10 nitrogen and oxygen atoms in total. The molecule has 0 unspecified atom stereocenters. The highest BCUT2D eigenvalue weighted by Crippen LogP contribution is 2.36. The first-order valence-corrected chi connectivity index (χ1v) is 18.8. The molecule has 5 rings (SSSR count). The van der Waals surface area contributed by atoms with Crippen molar-refractivity contribution < 1.29 is 28.4 Å². The molecule has 1 fully saturated rings. The van der Waals surface area contributed by atoms with E-state index < -0.39 is 41.7 Å². The molecule has 2 amide bonds. The Morgan fingerprint density at radius 3 is 1.70 bits per heavy atom. The minimum atomic E-state index is -0.519. The molecule has 0 radical (unpaired) electrons. The molecule has 4 aromatic rings. The molecule has 1 aliphatic heterocycles. The lowest BCUT2D eigenvalue weighted by Crippen LogP contribution is -2.41. The van der Waals surface area contributed by atoms with Crippen molar-refractivity contribution in [3.63, 3.8) is 0 Å². The van der Waals surface area contributed by atoms with Gasteiger partial charge in [-0.1, -0.05) is 48.5 Å². The number of hydrogen-bond acceptors (Lipinski definition) is 10. The van der Waals surface area contributed by atoms with Crippen LogP contribution in [0.25, 0.3) is 11.3 Å². The summed E-state index contributed by atoms with van der Waals surface area (Å²) in [5.74, 6) is 0. The van der Waals surface area contributed by atoms with Crippen LogP contribution in [0, 0.1) is 0 Å². The number of thiazole rings is 2. The third-order valence-corrected chi connectivity index (χ3v) is 9.24. The summed E-state index contributed by atoms with van der Waals surface area (Å²) >= 11 is 6.31. The van der Waals surface area contributed by atoms with Crippen molar-refractivity contribution in [2.24, 2.45) is 0 Å². The van der Waals surface area contributed by atoms with Crippen molar-refractivity contribution in [3.05, 3.63) is 86.0 Å². The quantitative estimate of drug-likeness (QED) is 0.186. The fourth-order valence-corrected chi connectivity index (χ4v) is 5.85. The summed E-state index contributed by atoms with van der Waals surface area (Å²) in [6.45, 7) is 19.9. The predicted octanol–water partition coefficient (Wildman–Crippen LogP) is 8.75. The van der Waals surface area contributed by atoms with E-state index in [9.17, 15) is 9.59 Å². The Labute approximate surface area is 313 Å². The molecule has 0 saturated carbocycles. The second-order valence-corrected chi connectivity index (χ2v) is 16.6. The first-order chi connectivity index (χ1) is 23.3. The predicted molar refractivity (Wildman–Crippen MR) is 206 cm³/mol. The van der Waals surface area contributed by atoms with Gasteiger partial charge >= 0.3 is 19.3 Å². The molecule has 2 N–H and O–H groups in total. The molecule has 0 aliphatic carbocycles. The zero-order chi connectivity index (χ0) is 37.2. The van der Waals surface area contributed by atoms with Gasteiger partial charge in [0.05, 0.1) is 27.9 Å². The monoisotopic (exact) mass is 786 g/mol. The summed E-state index contributed by atoms with van der Waals surface area (Å²) < 4.78 is 23.7. The molecule has 1 aliphatic rings. The highest BCUT2D eigenvalue weighted by molar-refractivity contribution is 9.10. The molecule has 2 aromatic carbocycles. The van der Waals surface area contributed by atoms with Crippen molar-refractivity contribution in [2.45, 2.75) is 105 Å². The highest BCUT2D eigenvalue weighted by Gasteiger charge is 2.52. The van der Waals surface area contributed by atoms with Gasteiger partial charge in [-0.05, 0) is 102 Å². The smallest absolute Gasteiger partial charge is 0.444 e. The molecule has 50 heavy (non-hydrogen) atoms. The first-order valence-electron chi connectivity index (χ1n) is 16.1. The van der Waals surface area contributed by atoms with E-state index in [1.54, 1.807) is 33.7 Å². The number of carbonyl (C=O) groups excluding carboxylic acids is 2. The third kappa shape index (κ3) is 13.4. The number of rotatable bonds is 6. The summed E-state index contributed by atoms with van der Waals surface area (Å²) in [4.78, 5) is 31.7. The van der Waals surface area contributed by atoms with E-state index in [1.807, 2.05) is 129 Å². The normalized spacial score (nSPS) is 14.7. The second kappa shape index (κ2) is 17.8. The van der Waals surface area contributed by atoms with Crippen molar-refractivity contribution >= 4 is 63.4 Å². The van der Waals surface area contributed by atoms with E-state index in [2.05, 4.69) is 36.5 Å². The molecule has 0 spiro atoms. The van der Waals surface area contributed by atoms with Gasteiger partial charge in [0.15, 0.2) is 0 Å². The summed E-state index contributed by atoms with van der Waals surface area (Å²) in [6, 6.07) is 15.7. The number of amides is 2. The average molecular weight is 788 g/mol. The lowest BCUT2D eigenvalue weighted by molar-refractivity contribution is 0.00578. The van der Waals surface area contributed by atoms with Gasteiger partial charge in [-0.3, -0.25) is 0 Å². The van der Waals surface area contributed by atoms with E-state index in [-0.39, 0.29) is 0 Å². The van der Waals surface area contributed by atoms with Crippen LogP contribution < -0.4 is 16.1 Å². The lowest BCUT2D eigenvalue weighted by Gasteiger charge is -2.32. The number of halogens is 1. The first kappa shape index (κ1) is 41.1. The number of aromatic nitrogens is 2. The van der Waals surface area contributed by atoms with E-state index in [4.69, 9.17) is 18.8 Å². The fourth-order valence-electron chi connectivity index (χ4n) is 4.33. The van der Waals surface area contributed by atoms with Crippen molar-refractivity contribution in [2.75, 3.05) is 0 Å². The summed E-state index contributed by atoms with van der Waals surface area (Å²) in [7, 11) is -0.452. The van der Waals surface area contributed by atoms with Gasteiger partial charge in [0.25, 0.3) is 0 Å². The zero-order valence-electron chi connectivity index (χ0n) is 30.5. The molecule has 270 valence electrons. The number of alkyl carbamates (subject to hydrolysis) is 2. The highest BCUT2D eigenvalue weighted by atomic mass is 79.9. The van der Waals surface area contributed by atoms with Crippen LogP contribution in [-0.4, -0.2) is 51.7 Å². The van der Waals surface area contributed by atoms with E-state index >= 15 is 0 Å². The molecule has 1 saturated heterocycles. The van der Waals surface area contributed by atoms with E-state index in [0.717, 1.165) is 32.5 Å². The molecule has 0 atom stereocenters. The zero-order valence-corrected chi connectivity index (χ0v) is 33.7. The van der Waals surface area contributed by atoms with Crippen LogP contribution in [0.1, 0.15) is 80.4 Å². The molecule has 14 heteroatoms. The van der Waals surface area contributed by atoms with Gasteiger partial charge in [0, 0.05) is 29.4 Å². The minimum Gasteiger partial charge on any atom is -0.444 e. The van der Waals surface area contributed by atoms with Gasteiger partial charge in [0.1, 0.15) is 15.8 Å². The maximum atomic E-state index is 11.9. The Balaban J connectivity index is 0.000000234. The maximum absolute atomic E-state index is 11.9. The SMILES string of the molecule is Brc1cscn1.CC(C)(C)OC(=O)NCc1ccccc1-c1cscn1.CC(C)(C)OC(=O)NCc1ccccc1B1OC(C)(C)C(C)(C)O1. The van der Waals surface area contributed by atoms with E-state index in [0.29, 0.717) is 13.1 Å². The van der Waals surface area contributed by atoms with E-state index in [1.165, 1.54) is 0 Å². The summed E-state index contributed by atoms with van der Waals surface area (Å²) in [6.07, 6.45) is -0.850. The number of nitrogens with one attached hydrogen (secondary N) is 2. The van der Waals surface area contributed by atoms with Crippen LogP contribution in [0.4, 0.5) is 9.59 Å². The van der Waals surface area contributed by atoms with Crippen LogP contribution in [0.5, 0.6) is 0 Å². The van der Waals surface area contributed by atoms with Crippen molar-refractivity contribution in [1.29, 1.82) is 0 Å². The maximum Gasteiger partial charge on any atom is 0.495 e. The molecular weight excluding hydrogens is 739 g/mol. The van der Waals surface area contributed by atoms with Crippen molar-refractivity contribution in [3.8, 4) is 11.3 Å². The molecular formula is C36H48BBrN4O6S2. The van der Waals surface area contributed by atoms with Gasteiger partial charge in [0.2, 0.25) is 0 Å². The van der Waals surface area contributed by atoms with Crippen LogP contribution in [0.15, 0.2) is 74.9 Å². The average Bonchev–Trinajstić information content (AvgIpc) is 3.76. The molecule has 3 heterocycles. The number of nitrogens with zero attached hydrogens (tertiary/aromatic N) is 2. The molecule has 2 aromatic heterocycles. The molecule has 0 bridgehead atoms. The van der Waals surface area contributed by atoms with Crippen molar-refractivity contribution in [1.82, 2.24) is 20.6 Å². The van der Waals surface area contributed by atoms with Crippen LogP contribution in [0.3, 0.4) is 0 Å². The Kier molecular flexibility index (Phi) is 14.6. The lowest BCUT2D eigenvalue weighted by atomic mass is 9.76. The Bertz CT molecular complexity index is 1640. The number of benzene rings is 2. The Morgan fingerprint density at radius 2 is 1.24 bits per heavy atom. The van der Waals surface area contributed by atoms with Crippen LogP contribution in [-0.2, 0) is 31.9 Å². The number of ether oxygens (including phenoxy) is 2. The Morgan fingerprint density at radius 1 is 0.760 bits per heavy atom. The van der Waals surface area contributed by atoms with Gasteiger partial charge < -0.3 is 29.4 Å². The van der Waals surface area contributed by atoms with Gasteiger partial charge in [-0.2, -0.15) is 0 Å². The number of hydrogen-bond donors (Lipinski definition) is 2. The summed E-state index contributed by atoms with van der Waals surface area (Å²) in [5.41, 5.74) is 6.62.